The van der Waals surface area contributed by atoms with E-state index in [0.29, 0.717) is 28.9 Å². The molecule has 1 heterocycles. The first-order chi connectivity index (χ1) is 8.37. The molecule has 2 N–H and O–H groups in total. The largest absolute Gasteiger partial charge is 0.492 e. The first kappa shape index (κ1) is 13.9. The summed E-state index contributed by atoms with van der Waals surface area (Å²) in [5.41, 5.74) is 0.212. The van der Waals surface area contributed by atoms with Gasteiger partial charge in [-0.25, -0.2) is 0 Å². The SMILES string of the molecule is CC(C)(O)CNC1CCOc2c(Cl)cc(Cl)cc21. The van der Waals surface area contributed by atoms with Gasteiger partial charge in [0.05, 0.1) is 17.2 Å². The standard InChI is InChI=1S/C13H17Cl2NO2/c1-13(2,17)7-16-11-3-4-18-12-9(11)5-8(14)6-10(12)15/h5-6,11,16-17H,3-4,7H2,1-2H3. The Bertz CT molecular complexity index is 443. The summed E-state index contributed by atoms with van der Waals surface area (Å²) in [6, 6.07) is 3.65. The van der Waals surface area contributed by atoms with Crippen molar-refractivity contribution in [2.75, 3.05) is 13.2 Å². The minimum atomic E-state index is -0.749. The summed E-state index contributed by atoms with van der Waals surface area (Å²) in [5.74, 6) is 0.695. The zero-order valence-electron chi connectivity index (χ0n) is 10.5. The van der Waals surface area contributed by atoms with Crippen molar-refractivity contribution >= 4 is 23.2 Å². The second kappa shape index (κ2) is 5.25. The number of hydrogen-bond donors (Lipinski definition) is 2. The highest BCUT2D eigenvalue weighted by Crippen LogP contribution is 2.39. The molecule has 1 aromatic carbocycles. The third kappa shape index (κ3) is 3.29. The molecule has 0 bridgehead atoms. The zero-order valence-corrected chi connectivity index (χ0v) is 12.0. The fourth-order valence-electron chi connectivity index (χ4n) is 2.01. The zero-order chi connectivity index (χ0) is 13.3. The molecular formula is C13H17Cl2NO2. The van der Waals surface area contributed by atoms with Crippen LogP contribution in [0.25, 0.3) is 0 Å². The van der Waals surface area contributed by atoms with E-state index in [9.17, 15) is 5.11 Å². The molecule has 2 rings (SSSR count). The van der Waals surface area contributed by atoms with Crippen LogP contribution in [0.3, 0.4) is 0 Å². The Kier molecular flexibility index (Phi) is 4.07. The van der Waals surface area contributed by atoms with E-state index in [1.54, 1.807) is 19.9 Å². The van der Waals surface area contributed by atoms with Crippen molar-refractivity contribution in [2.24, 2.45) is 0 Å². The Morgan fingerprint density at radius 3 is 2.83 bits per heavy atom. The van der Waals surface area contributed by atoms with Crippen molar-refractivity contribution in [1.29, 1.82) is 0 Å². The first-order valence-corrected chi connectivity index (χ1v) is 6.70. The molecule has 1 unspecified atom stereocenters. The number of ether oxygens (including phenoxy) is 1. The fourth-order valence-corrected chi connectivity index (χ4v) is 2.57. The number of benzene rings is 1. The fraction of sp³-hybridized carbons (Fsp3) is 0.538. The van der Waals surface area contributed by atoms with Crippen LogP contribution in [0.15, 0.2) is 12.1 Å². The number of fused-ring (bicyclic) bond motifs is 1. The maximum absolute atomic E-state index is 9.76. The molecule has 3 nitrogen and oxygen atoms in total. The molecule has 5 heteroatoms. The summed E-state index contributed by atoms with van der Waals surface area (Å²) in [5, 5.41) is 14.2. The molecule has 0 saturated carbocycles. The molecule has 0 aliphatic carbocycles. The van der Waals surface area contributed by atoms with E-state index in [1.165, 1.54) is 0 Å². The van der Waals surface area contributed by atoms with Crippen molar-refractivity contribution in [2.45, 2.75) is 31.9 Å². The molecular weight excluding hydrogens is 273 g/mol. The van der Waals surface area contributed by atoms with Gasteiger partial charge in [-0.05, 0) is 26.0 Å². The quantitative estimate of drug-likeness (QED) is 0.898. The minimum Gasteiger partial charge on any atom is -0.492 e. The van der Waals surface area contributed by atoms with E-state index in [4.69, 9.17) is 27.9 Å². The maximum Gasteiger partial charge on any atom is 0.142 e. The van der Waals surface area contributed by atoms with Gasteiger partial charge >= 0.3 is 0 Å². The Hall–Kier alpha value is -0.480. The van der Waals surface area contributed by atoms with Crippen LogP contribution in [0.5, 0.6) is 5.75 Å². The highest BCUT2D eigenvalue weighted by molar-refractivity contribution is 6.35. The molecule has 0 saturated heterocycles. The first-order valence-electron chi connectivity index (χ1n) is 5.94. The summed E-state index contributed by atoms with van der Waals surface area (Å²) in [6.07, 6.45) is 0.833. The van der Waals surface area contributed by atoms with E-state index in [2.05, 4.69) is 5.32 Å². The monoisotopic (exact) mass is 289 g/mol. The van der Waals surface area contributed by atoms with Crippen molar-refractivity contribution in [3.8, 4) is 5.75 Å². The summed E-state index contributed by atoms with van der Waals surface area (Å²) in [7, 11) is 0. The van der Waals surface area contributed by atoms with E-state index < -0.39 is 5.60 Å². The average molecular weight is 290 g/mol. The van der Waals surface area contributed by atoms with Gasteiger partial charge in [-0.3, -0.25) is 0 Å². The second-order valence-electron chi connectivity index (χ2n) is 5.19. The van der Waals surface area contributed by atoms with E-state index >= 15 is 0 Å². The van der Waals surface area contributed by atoms with E-state index in [0.717, 1.165) is 12.0 Å². The molecule has 100 valence electrons. The number of rotatable bonds is 3. The second-order valence-corrected chi connectivity index (χ2v) is 6.03. The van der Waals surface area contributed by atoms with E-state index in [1.807, 2.05) is 6.07 Å². The lowest BCUT2D eigenvalue weighted by atomic mass is 9.99. The van der Waals surface area contributed by atoms with Gasteiger partial charge in [-0.15, -0.1) is 0 Å². The van der Waals surface area contributed by atoms with Crippen LogP contribution in [-0.4, -0.2) is 23.9 Å². The predicted molar refractivity (Wildman–Crippen MR) is 73.6 cm³/mol. The lowest BCUT2D eigenvalue weighted by Gasteiger charge is -2.30. The smallest absolute Gasteiger partial charge is 0.142 e. The molecule has 1 aromatic rings. The van der Waals surface area contributed by atoms with Gasteiger partial charge < -0.3 is 15.2 Å². The molecule has 0 amide bonds. The Morgan fingerprint density at radius 2 is 2.17 bits per heavy atom. The highest BCUT2D eigenvalue weighted by Gasteiger charge is 2.25. The van der Waals surface area contributed by atoms with Gasteiger partial charge in [0.25, 0.3) is 0 Å². The van der Waals surface area contributed by atoms with Crippen LogP contribution in [0.2, 0.25) is 10.0 Å². The number of aliphatic hydroxyl groups is 1. The van der Waals surface area contributed by atoms with Crippen LogP contribution in [-0.2, 0) is 0 Å². The number of hydrogen-bond acceptors (Lipinski definition) is 3. The van der Waals surface area contributed by atoms with Crippen LogP contribution < -0.4 is 10.1 Å². The summed E-state index contributed by atoms with van der Waals surface area (Å²) in [6.45, 7) is 4.65. The maximum atomic E-state index is 9.76. The summed E-state index contributed by atoms with van der Waals surface area (Å²) >= 11 is 12.1. The molecule has 1 aliphatic rings. The van der Waals surface area contributed by atoms with Gasteiger partial charge in [-0.1, -0.05) is 23.2 Å². The van der Waals surface area contributed by atoms with Gasteiger partial charge in [0.1, 0.15) is 5.75 Å². The highest BCUT2D eigenvalue weighted by atomic mass is 35.5. The molecule has 1 atom stereocenters. The van der Waals surface area contributed by atoms with Crippen LogP contribution in [0.4, 0.5) is 0 Å². The summed E-state index contributed by atoms with van der Waals surface area (Å²) in [4.78, 5) is 0. The van der Waals surface area contributed by atoms with Crippen molar-refractivity contribution in [1.82, 2.24) is 5.32 Å². The van der Waals surface area contributed by atoms with Gasteiger partial charge in [-0.2, -0.15) is 0 Å². The molecule has 1 aliphatic heterocycles. The Morgan fingerprint density at radius 1 is 1.44 bits per heavy atom. The van der Waals surface area contributed by atoms with Crippen LogP contribution in [0.1, 0.15) is 31.9 Å². The molecule has 0 fully saturated rings. The van der Waals surface area contributed by atoms with Gasteiger partial charge in [0.2, 0.25) is 0 Å². The van der Waals surface area contributed by atoms with Crippen LogP contribution >= 0.6 is 23.2 Å². The van der Waals surface area contributed by atoms with Crippen molar-refractivity contribution in [3.05, 3.63) is 27.7 Å². The Labute approximate surface area is 117 Å². The van der Waals surface area contributed by atoms with Crippen LogP contribution in [0, 0.1) is 0 Å². The number of halogens is 2. The molecule has 0 radical (unpaired) electrons. The average Bonchev–Trinajstić information content (AvgIpc) is 2.25. The third-order valence-corrected chi connectivity index (χ3v) is 3.35. The van der Waals surface area contributed by atoms with Crippen molar-refractivity contribution < 1.29 is 9.84 Å². The lowest BCUT2D eigenvalue weighted by molar-refractivity contribution is 0.0740. The molecule has 0 spiro atoms. The minimum absolute atomic E-state index is 0.108. The molecule has 0 aromatic heterocycles. The summed E-state index contributed by atoms with van der Waals surface area (Å²) < 4.78 is 5.58. The molecule has 18 heavy (non-hydrogen) atoms. The Balaban J connectivity index is 2.22. The number of nitrogens with one attached hydrogen (secondary N) is 1. The predicted octanol–water partition coefficient (Wildman–Crippen LogP) is 3.18. The van der Waals surface area contributed by atoms with Gasteiger partial charge in [0.15, 0.2) is 0 Å². The van der Waals surface area contributed by atoms with Gasteiger partial charge in [0, 0.05) is 29.6 Å². The topological polar surface area (TPSA) is 41.5 Å². The van der Waals surface area contributed by atoms with E-state index in [-0.39, 0.29) is 6.04 Å². The third-order valence-electron chi connectivity index (χ3n) is 2.85. The lowest BCUT2D eigenvalue weighted by Crippen LogP contribution is -2.38. The van der Waals surface area contributed by atoms with Crippen molar-refractivity contribution in [3.63, 3.8) is 0 Å². The normalized spacial score (nSPS) is 19.3.